The zero-order valence-corrected chi connectivity index (χ0v) is 13.5. The molecule has 1 N–H and O–H groups in total. The molecule has 1 atom stereocenters. The van der Waals surface area contributed by atoms with Gasteiger partial charge in [-0.1, -0.05) is 22.0 Å². The average Bonchev–Trinajstić information content (AvgIpc) is 2.33. The maximum absolute atomic E-state index is 13.1. The van der Waals surface area contributed by atoms with Crippen LogP contribution in [0.1, 0.15) is 18.5 Å². The van der Waals surface area contributed by atoms with Crippen LogP contribution in [0.25, 0.3) is 0 Å². The number of hydrogen-bond acceptors (Lipinski definition) is 3. The number of benzene rings is 1. The topological polar surface area (TPSA) is 43.8 Å². The van der Waals surface area contributed by atoms with Crippen molar-refractivity contribution in [1.29, 1.82) is 0 Å². The third kappa shape index (κ3) is 5.19. The van der Waals surface area contributed by atoms with Gasteiger partial charge in [0.1, 0.15) is 5.82 Å². The van der Waals surface area contributed by atoms with Crippen LogP contribution >= 0.6 is 15.9 Å². The monoisotopic (exact) mass is 346 g/mol. The quantitative estimate of drug-likeness (QED) is 0.824. The molecule has 0 aliphatic heterocycles. The van der Waals surface area contributed by atoms with E-state index in [0.29, 0.717) is 11.0 Å². The Morgan fingerprint density at radius 1 is 1.40 bits per heavy atom. The zero-order valence-electron chi connectivity index (χ0n) is 11.9. The number of halogens is 2. The van der Waals surface area contributed by atoms with Crippen LogP contribution < -0.4 is 0 Å². The predicted octanol–water partition coefficient (Wildman–Crippen LogP) is 2.60. The molecule has 1 rings (SSSR count). The number of likely N-dealkylation sites (N-methyl/N-ethyl adjacent to an activating group) is 1. The van der Waals surface area contributed by atoms with E-state index < -0.39 is 5.97 Å². The highest BCUT2D eigenvalue weighted by molar-refractivity contribution is 9.10. The first-order valence-electron chi connectivity index (χ1n) is 6.36. The van der Waals surface area contributed by atoms with Crippen LogP contribution in [0.5, 0.6) is 0 Å². The summed E-state index contributed by atoms with van der Waals surface area (Å²) in [5, 5.41) is 9.03. The van der Waals surface area contributed by atoms with Gasteiger partial charge in [-0.15, -0.1) is 0 Å². The van der Waals surface area contributed by atoms with Gasteiger partial charge in [0.15, 0.2) is 0 Å². The number of carbonyl (C=O) groups is 1. The minimum Gasteiger partial charge on any atom is -0.480 e. The Bertz CT molecular complexity index is 468. The number of rotatable bonds is 7. The van der Waals surface area contributed by atoms with E-state index in [1.54, 1.807) is 6.07 Å². The van der Waals surface area contributed by atoms with Gasteiger partial charge in [-0.25, -0.2) is 4.39 Å². The van der Waals surface area contributed by atoms with Crippen LogP contribution in [0.4, 0.5) is 4.39 Å². The maximum Gasteiger partial charge on any atom is 0.317 e. The van der Waals surface area contributed by atoms with Crippen molar-refractivity contribution in [1.82, 2.24) is 9.80 Å². The second-order valence-electron chi connectivity index (χ2n) is 5.01. The number of aliphatic carboxylic acids is 1. The summed E-state index contributed by atoms with van der Waals surface area (Å²) in [5.74, 6) is -1.18. The highest BCUT2D eigenvalue weighted by atomic mass is 79.9. The molecule has 4 nitrogen and oxygen atoms in total. The number of carboxylic acids is 1. The molecule has 0 heterocycles. The van der Waals surface area contributed by atoms with Gasteiger partial charge in [-0.05, 0) is 38.7 Å². The predicted molar refractivity (Wildman–Crippen MR) is 80.3 cm³/mol. The Hall–Kier alpha value is -0.980. The van der Waals surface area contributed by atoms with Crippen molar-refractivity contribution in [2.24, 2.45) is 0 Å². The highest BCUT2D eigenvalue weighted by Gasteiger charge is 2.20. The Balaban J connectivity index is 2.90. The molecule has 20 heavy (non-hydrogen) atoms. The summed E-state index contributed by atoms with van der Waals surface area (Å²) < 4.78 is 13.8. The third-order valence-corrected chi connectivity index (χ3v) is 3.82. The number of hydrogen-bond donors (Lipinski definition) is 1. The molecular formula is C14H20BrFN2O2. The molecule has 0 aromatic heterocycles. The molecule has 1 aromatic carbocycles. The van der Waals surface area contributed by atoms with Crippen LogP contribution in [0.3, 0.4) is 0 Å². The fourth-order valence-corrected chi connectivity index (χ4v) is 2.63. The van der Waals surface area contributed by atoms with E-state index in [0.717, 1.165) is 12.1 Å². The van der Waals surface area contributed by atoms with Crippen LogP contribution in [0, 0.1) is 5.82 Å². The first-order valence-corrected chi connectivity index (χ1v) is 7.16. The Morgan fingerprint density at radius 2 is 2.05 bits per heavy atom. The van der Waals surface area contributed by atoms with E-state index in [2.05, 4.69) is 15.9 Å². The molecule has 0 saturated heterocycles. The summed E-state index contributed by atoms with van der Waals surface area (Å²) in [6.45, 7) is 3.27. The zero-order chi connectivity index (χ0) is 15.3. The van der Waals surface area contributed by atoms with Gasteiger partial charge in [-0.2, -0.15) is 0 Å². The van der Waals surface area contributed by atoms with Crippen molar-refractivity contribution in [3.63, 3.8) is 0 Å². The van der Waals surface area contributed by atoms with Gasteiger partial charge in [0.05, 0.1) is 6.54 Å². The van der Waals surface area contributed by atoms with Gasteiger partial charge in [-0.3, -0.25) is 9.69 Å². The largest absolute Gasteiger partial charge is 0.480 e. The summed E-state index contributed by atoms with van der Waals surface area (Å²) in [7, 11) is 3.88. The first kappa shape index (κ1) is 17.1. The van der Waals surface area contributed by atoms with Crippen molar-refractivity contribution in [3.05, 3.63) is 34.1 Å². The molecule has 1 unspecified atom stereocenters. The second kappa shape index (κ2) is 7.71. The Labute approximate surface area is 127 Å². The van der Waals surface area contributed by atoms with Crippen molar-refractivity contribution in [2.75, 3.05) is 33.7 Å². The summed E-state index contributed by atoms with van der Waals surface area (Å²) in [4.78, 5) is 14.9. The molecule has 0 radical (unpaired) electrons. The van der Waals surface area contributed by atoms with E-state index >= 15 is 0 Å². The number of nitrogens with zero attached hydrogens (tertiary/aromatic N) is 2. The molecule has 0 bridgehead atoms. The van der Waals surface area contributed by atoms with Gasteiger partial charge in [0.2, 0.25) is 0 Å². The molecule has 1 aromatic rings. The van der Waals surface area contributed by atoms with Crippen LogP contribution in [-0.4, -0.2) is 54.6 Å². The third-order valence-electron chi connectivity index (χ3n) is 3.13. The van der Waals surface area contributed by atoms with Gasteiger partial charge in [0, 0.05) is 23.6 Å². The summed E-state index contributed by atoms with van der Waals surface area (Å²) in [5.41, 5.74) is 0.881. The van der Waals surface area contributed by atoms with E-state index in [9.17, 15) is 9.18 Å². The van der Waals surface area contributed by atoms with Crippen molar-refractivity contribution < 1.29 is 14.3 Å². The van der Waals surface area contributed by atoms with E-state index in [4.69, 9.17) is 5.11 Å². The highest BCUT2D eigenvalue weighted by Crippen LogP contribution is 2.28. The number of carboxylic acid groups (broad SMARTS) is 1. The molecule has 6 heteroatoms. The fraction of sp³-hybridized carbons (Fsp3) is 0.500. The smallest absolute Gasteiger partial charge is 0.317 e. The van der Waals surface area contributed by atoms with Gasteiger partial charge in [0.25, 0.3) is 0 Å². The molecule has 0 spiro atoms. The Morgan fingerprint density at radius 3 is 2.55 bits per heavy atom. The Kier molecular flexibility index (Phi) is 6.58. The first-order chi connectivity index (χ1) is 9.31. The molecule has 0 saturated carbocycles. The fourth-order valence-electron chi connectivity index (χ4n) is 1.95. The molecule has 112 valence electrons. The molecule has 0 aliphatic carbocycles. The van der Waals surface area contributed by atoms with Crippen molar-refractivity contribution in [2.45, 2.75) is 13.0 Å². The molecule has 0 amide bonds. The lowest BCUT2D eigenvalue weighted by Gasteiger charge is -2.29. The van der Waals surface area contributed by atoms with Crippen LogP contribution in [0.2, 0.25) is 0 Å². The maximum atomic E-state index is 13.1. The minimum atomic E-state index is -0.867. The standard InChI is InChI=1S/C14H20BrFN2O2/c1-10(12-5-4-11(16)8-13(12)15)18(9-14(19)20)7-6-17(2)3/h4-5,8,10H,6-7,9H2,1-3H3,(H,19,20). The lowest BCUT2D eigenvalue weighted by molar-refractivity contribution is -0.138. The molecular weight excluding hydrogens is 327 g/mol. The van der Waals surface area contributed by atoms with Crippen molar-refractivity contribution in [3.8, 4) is 0 Å². The van der Waals surface area contributed by atoms with Gasteiger partial charge >= 0.3 is 5.97 Å². The summed E-state index contributed by atoms with van der Waals surface area (Å²) in [6.07, 6.45) is 0. The SMILES string of the molecule is CC(c1ccc(F)cc1Br)N(CCN(C)C)CC(=O)O. The molecule has 0 fully saturated rings. The normalized spacial score (nSPS) is 12.9. The van der Waals surface area contributed by atoms with Crippen LogP contribution in [0.15, 0.2) is 22.7 Å². The average molecular weight is 347 g/mol. The van der Waals surface area contributed by atoms with Crippen LogP contribution in [-0.2, 0) is 4.79 Å². The van der Waals surface area contributed by atoms with E-state index in [1.165, 1.54) is 12.1 Å². The minimum absolute atomic E-state index is 0.0428. The lowest BCUT2D eigenvalue weighted by atomic mass is 10.1. The van der Waals surface area contributed by atoms with Gasteiger partial charge < -0.3 is 10.0 Å². The van der Waals surface area contributed by atoms with Crippen molar-refractivity contribution >= 4 is 21.9 Å². The second-order valence-corrected chi connectivity index (χ2v) is 5.86. The molecule has 0 aliphatic rings. The van der Waals surface area contributed by atoms with E-state index in [-0.39, 0.29) is 18.4 Å². The van der Waals surface area contributed by atoms with E-state index in [1.807, 2.05) is 30.8 Å². The summed E-state index contributed by atoms with van der Waals surface area (Å²) >= 11 is 3.34. The lowest BCUT2D eigenvalue weighted by Crippen LogP contribution is -2.37. The summed E-state index contributed by atoms with van der Waals surface area (Å²) in [6, 6.07) is 4.37.